The third-order valence-electron chi connectivity index (χ3n) is 2.67. The Morgan fingerprint density at radius 2 is 1.95 bits per heavy atom. The van der Waals surface area contributed by atoms with Gasteiger partial charge in [-0.2, -0.15) is 0 Å². The van der Waals surface area contributed by atoms with Crippen LogP contribution < -0.4 is 4.72 Å². The Kier molecular flexibility index (Phi) is 4.88. The average molecular weight is 395 g/mol. The van der Waals surface area contributed by atoms with Crippen molar-refractivity contribution in [3.05, 3.63) is 57.3 Å². The fourth-order valence-corrected chi connectivity index (χ4v) is 3.27. The van der Waals surface area contributed by atoms with Gasteiger partial charge >= 0.3 is 0 Å². The first kappa shape index (κ1) is 16.2. The smallest absolute Gasteiger partial charge is 0.261 e. The van der Waals surface area contributed by atoms with Crippen LogP contribution in [-0.4, -0.2) is 13.5 Å². The molecule has 0 aliphatic carbocycles. The van der Waals surface area contributed by atoms with Crippen molar-refractivity contribution in [2.24, 2.45) is 0 Å². The number of rotatable bonds is 4. The van der Waals surface area contributed by atoms with Gasteiger partial charge in [0.25, 0.3) is 10.0 Å². The number of anilines is 1. The van der Waals surface area contributed by atoms with Gasteiger partial charge in [0.2, 0.25) is 0 Å². The van der Waals surface area contributed by atoms with Gasteiger partial charge in [-0.3, -0.25) is 4.72 Å². The summed E-state index contributed by atoms with van der Waals surface area (Å²) in [5, 5.41) is 9.37. The molecule has 0 heterocycles. The Hall–Kier alpha value is -1.15. The minimum atomic E-state index is -3.98. The Balaban J connectivity index is 2.41. The van der Waals surface area contributed by atoms with Crippen molar-refractivity contribution >= 4 is 43.2 Å². The SMILES string of the molecule is O=S(=O)(Nc1cc(Br)ccc1F)c1ccc(Cl)c(CO)c1. The van der Waals surface area contributed by atoms with Crippen LogP contribution in [-0.2, 0) is 16.6 Å². The molecule has 0 aromatic heterocycles. The highest BCUT2D eigenvalue weighted by atomic mass is 79.9. The van der Waals surface area contributed by atoms with Crippen LogP contribution in [0.25, 0.3) is 0 Å². The molecule has 4 nitrogen and oxygen atoms in total. The van der Waals surface area contributed by atoms with Crippen LogP contribution in [0.3, 0.4) is 0 Å². The van der Waals surface area contributed by atoms with Crippen LogP contribution in [0, 0.1) is 5.82 Å². The van der Waals surface area contributed by atoms with E-state index in [-0.39, 0.29) is 21.2 Å². The fraction of sp³-hybridized carbons (Fsp3) is 0.0769. The van der Waals surface area contributed by atoms with E-state index in [1.165, 1.54) is 30.3 Å². The van der Waals surface area contributed by atoms with E-state index in [1.807, 2.05) is 0 Å². The number of aliphatic hydroxyl groups is 1. The zero-order valence-corrected chi connectivity index (χ0v) is 13.6. The summed E-state index contributed by atoms with van der Waals surface area (Å²) in [6, 6.07) is 7.79. The van der Waals surface area contributed by atoms with Gasteiger partial charge < -0.3 is 5.11 Å². The molecule has 21 heavy (non-hydrogen) atoms. The summed E-state index contributed by atoms with van der Waals surface area (Å²) in [7, 11) is -3.98. The summed E-state index contributed by atoms with van der Waals surface area (Å²) < 4.78 is 40.8. The molecule has 2 N–H and O–H groups in total. The molecule has 0 aliphatic heterocycles. The molecule has 0 unspecified atom stereocenters. The molecular weight excluding hydrogens is 385 g/mol. The van der Waals surface area contributed by atoms with Gasteiger partial charge in [0.15, 0.2) is 0 Å². The van der Waals surface area contributed by atoms with Crippen molar-refractivity contribution in [3.63, 3.8) is 0 Å². The normalized spacial score (nSPS) is 11.4. The zero-order valence-electron chi connectivity index (χ0n) is 10.5. The molecule has 0 bridgehead atoms. The first-order valence-corrected chi connectivity index (χ1v) is 8.36. The van der Waals surface area contributed by atoms with Crippen molar-refractivity contribution in [1.29, 1.82) is 0 Å². The summed E-state index contributed by atoms with van der Waals surface area (Å²) in [5.41, 5.74) is 0.0964. The van der Waals surface area contributed by atoms with Gasteiger partial charge in [-0.1, -0.05) is 27.5 Å². The Bertz CT molecular complexity index is 783. The minimum Gasteiger partial charge on any atom is -0.392 e. The first-order chi connectivity index (χ1) is 9.83. The van der Waals surface area contributed by atoms with Crippen molar-refractivity contribution < 1.29 is 17.9 Å². The van der Waals surface area contributed by atoms with E-state index in [9.17, 15) is 12.8 Å². The second-order valence-electron chi connectivity index (χ2n) is 4.14. The molecule has 0 atom stereocenters. The molecule has 0 fully saturated rings. The highest BCUT2D eigenvalue weighted by Crippen LogP contribution is 2.25. The number of hydrogen-bond donors (Lipinski definition) is 2. The van der Waals surface area contributed by atoms with Crippen LogP contribution in [0.5, 0.6) is 0 Å². The van der Waals surface area contributed by atoms with Gasteiger partial charge in [0.05, 0.1) is 17.2 Å². The largest absolute Gasteiger partial charge is 0.392 e. The summed E-state index contributed by atoms with van der Waals surface area (Å²) in [6.07, 6.45) is 0. The van der Waals surface area contributed by atoms with Gasteiger partial charge in [-0.05, 0) is 42.0 Å². The Labute approximate surface area is 134 Å². The van der Waals surface area contributed by atoms with Crippen LogP contribution in [0.4, 0.5) is 10.1 Å². The van der Waals surface area contributed by atoms with E-state index < -0.39 is 22.4 Å². The third-order valence-corrected chi connectivity index (χ3v) is 4.90. The van der Waals surface area contributed by atoms with Crippen LogP contribution in [0.1, 0.15) is 5.56 Å². The maximum Gasteiger partial charge on any atom is 0.261 e. The summed E-state index contributed by atoms with van der Waals surface area (Å²) in [6.45, 7) is -0.395. The van der Waals surface area contributed by atoms with E-state index in [0.29, 0.717) is 4.47 Å². The standard InChI is InChI=1S/C13H10BrClFNO3S/c14-9-1-4-12(16)13(6-9)17-21(19,20)10-2-3-11(15)8(5-10)7-18/h1-6,17-18H,7H2. The average Bonchev–Trinajstić information content (AvgIpc) is 2.43. The number of sulfonamides is 1. The molecule has 2 aromatic rings. The number of nitrogens with one attached hydrogen (secondary N) is 1. The van der Waals surface area contributed by atoms with E-state index in [4.69, 9.17) is 16.7 Å². The molecule has 112 valence electrons. The molecule has 2 aromatic carbocycles. The number of aliphatic hydroxyl groups excluding tert-OH is 1. The highest BCUT2D eigenvalue weighted by molar-refractivity contribution is 9.10. The number of hydrogen-bond acceptors (Lipinski definition) is 3. The van der Waals surface area contributed by atoms with Crippen LogP contribution in [0.15, 0.2) is 45.8 Å². The lowest BCUT2D eigenvalue weighted by atomic mass is 10.2. The molecule has 0 radical (unpaired) electrons. The molecule has 0 saturated heterocycles. The van der Waals surface area contributed by atoms with Gasteiger partial charge in [0.1, 0.15) is 5.82 Å². The van der Waals surface area contributed by atoms with Crippen molar-refractivity contribution in [2.75, 3.05) is 4.72 Å². The van der Waals surface area contributed by atoms with Crippen molar-refractivity contribution in [2.45, 2.75) is 11.5 Å². The molecule has 8 heteroatoms. The van der Waals surface area contributed by atoms with Crippen LogP contribution in [0.2, 0.25) is 5.02 Å². The fourth-order valence-electron chi connectivity index (χ4n) is 1.62. The molecule has 0 spiro atoms. The second-order valence-corrected chi connectivity index (χ2v) is 7.15. The Morgan fingerprint density at radius 1 is 1.24 bits per heavy atom. The van der Waals surface area contributed by atoms with E-state index in [1.54, 1.807) is 0 Å². The predicted molar refractivity (Wildman–Crippen MR) is 82.3 cm³/mol. The lowest BCUT2D eigenvalue weighted by molar-refractivity contribution is 0.281. The molecule has 0 aliphatic rings. The van der Waals surface area contributed by atoms with E-state index in [0.717, 1.165) is 6.07 Å². The third kappa shape index (κ3) is 3.74. The lowest BCUT2D eigenvalue weighted by Gasteiger charge is -2.11. The van der Waals surface area contributed by atoms with Gasteiger partial charge in [-0.25, -0.2) is 12.8 Å². The maximum absolute atomic E-state index is 13.6. The molecule has 2 rings (SSSR count). The van der Waals surface area contributed by atoms with Gasteiger partial charge in [0, 0.05) is 9.50 Å². The lowest BCUT2D eigenvalue weighted by Crippen LogP contribution is -2.14. The summed E-state index contributed by atoms with van der Waals surface area (Å²) >= 11 is 8.95. The molecular formula is C13H10BrClFNO3S. The van der Waals surface area contributed by atoms with Crippen molar-refractivity contribution in [1.82, 2.24) is 0 Å². The maximum atomic E-state index is 13.6. The highest BCUT2D eigenvalue weighted by Gasteiger charge is 2.18. The predicted octanol–water partition coefficient (Wildman–Crippen LogP) is 3.53. The summed E-state index contributed by atoms with van der Waals surface area (Å²) in [4.78, 5) is -0.115. The van der Waals surface area contributed by atoms with Crippen molar-refractivity contribution in [3.8, 4) is 0 Å². The Morgan fingerprint density at radius 3 is 2.62 bits per heavy atom. The number of benzene rings is 2. The minimum absolute atomic E-state index is 0.115. The summed E-state index contributed by atoms with van der Waals surface area (Å²) in [5.74, 6) is -0.696. The van der Waals surface area contributed by atoms with Crippen LogP contribution >= 0.6 is 27.5 Å². The zero-order chi connectivity index (χ0) is 15.6. The number of halogens is 3. The topological polar surface area (TPSA) is 66.4 Å². The molecule has 0 saturated carbocycles. The van der Waals surface area contributed by atoms with Gasteiger partial charge in [-0.15, -0.1) is 0 Å². The quantitative estimate of drug-likeness (QED) is 0.833. The monoisotopic (exact) mass is 393 g/mol. The van der Waals surface area contributed by atoms with E-state index >= 15 is 0 Å². The first-order valence-electron chi connectivity index (χ1n) is 5.70. The molecule has 0 amide bonds. The van der Waals surface area contributed by atoms with E-state index in [2.05, 4.69) is 20.7 Å². The second kappa shape index (κ2) is 6.31.